The molecule has 0 saturated heterocycles. The van der Waals surface area contributed by atoms with Gasteiger partial charge in [0, 0.05) is 33.8 Å². The summed E-state index contributed by atoms with van der Waals surface area (Å²) in [4.78, 5) is 14.7. The molecule has 50 heavy (non-hydrogen) atoms. The molecular weight excluding hydrogens is 607 g/mol. The zero-order valence-electron chi connectivity index (χ0n) is 27.2. The third-order valence-corrected chi connectivity index (χ3v) is 9.32. The van der Waals surface area contributed by atoms with E-state index in [0.29, 0.717) is 5.82 Å². The molecule has 9 rings (SSSR count). The molecule has 0 bridgehead atoms. The highest BCUT2D eigenvalue weighted by Crippen LogP contribution is 2.36. The first-order valence-electron chi connectivity index (χ1n) is 16.8. The fraction of sp³-hybridized carbons (Fsp3) is 0. The van der Waals surface area contributed by atoms with Crippen molar-refractivity contribution in [1.29, 1.82) is 0 Å². The summed E-state index contributed by atoms with van der Waals surface area (Å²) < 4.78 is 0. The van der Waals surface area contributed by atoms with Crippen molar-refractivity contribution in [3.63, 3.8) is 0 Å². The van der Waals surface area contributed by atoms with Gasteiger partial charge in [-0.1, -0.05) is 152 Å². The lowest BCUT2D eigenvalue weighted by atomic mass is 9.92. The highest BCUT2D eigenvalue weighted by Gasteiger charge is 2.13. The lowest BCUT2D eigenvalue weighted by Gasteiger charge is -2.13. The summed E-state index contributed by atoms with van der Waals surface area (Å²) in [5.74, 6) is 0.706. The van der Waals surface area contributed by atoms with E-state index in [4.69, 9.17) is 9.97 Å². The van der Waals surface area contributed by atoms with Crippen LogP contribution in [0.1, 0.15) is 0 Å². The molecule has 0 fully saturated rings. The third kappa shape index (κ3) is 5.72. The molecule has 2 heterocycles. The Balaban J connectivity index is 1.08. The maximum absolute atomic E-state index is 5.03. The zero-order valence-corrected chi connectivity index (χ0v) is 27.2. The van der Waals surface area contributed by atoms with Crippen molar-refractivity contribution in [2.45, 2.75) is 0 Å². The summed E-state index contributed by atoms with van der Waals surface area (Å²) in [6.45, 7) is 0. The van der Waals surface area contributed by atoms with Gasteiger partial charge >= 0.3 is 0 Å². The number of para-hydroxylation sites is 1. The Morgan fingerprint density at radius 2 is 0.840 bits per heavy atom. The fourth-order valence-electron chi connectivity index (χ4n) is 6.69. The van der Waals surface area contributed by atoms with E-state index < -0.39 is 0 Å². The van der Waals surface area contributed by atoms with Gasteiger partial charge < -0.3 is 0 Å². The van der Waals surface area contributed by atoms with Crippen molar-refractivity contribution in [3.05, 3.63) is 188 Å². The molecule has 7 aromatic carbocycles. The molecule has 234 valence electrons. The minimum absolute atomic E-state index is 0.706. The van der Waals surface area contributed by atoms with Gasteiger partial charge in [0.15, 0.2) is 5.82 Å². The number of fused-ring (bicyclic) bond motifs is 2. The molecule has 9 aromatic rings. The Bertz CT molecular complexity index is 2550. The van der Waals surface area contributed by atoms with E-state index in [1.54, 1.807) is 0 Å². The number of rotatable bonds is 6. The van der Waals surface area contributed by atoms with Crippen LogP contribution in [-0.4, -0.2) is 15.0 Å². The standard InChI is InChI=1S/C47H31N3/c1-3-11-35(12-4-1)45-30-46(36-13-5-2-6-14-36)50-47(49-45)37-25-23-34(24-26-37)43-29-40(27-38-15-7-9-17-42(38)43)32-19-21-33(22-20-32)41-28-39-16-8-10-18-44(39)48-31-41/h1-31H. The van der Waals surface area contributed by atoms with E-state index in [1.807, 2.05) is 54.7 Å². The number of nitrogens with zero attached hydrogens (tertiary/aromatic N) is 3. The molecule has 0 aliphatic rings. The monoisotopic (exact) mass is 637 g/mol. The highest BCUT2D eigenvalue weighted by atomic mass is 14.9. The number of hydrogen-bond donors (Lipinski definition) is 0. The summed E-state index contributed by atoms with van der Waals surface area (Å²) >= 11 is 0. The topological polar surface area (TPSA) is 38.7 Å². The van der Waals surface area contributed by atoms with Crippen molar-refractivity contribution < 1.29 is 0 Å². The quantitative estimate of drug-likeness (QED) is 0.182. The van der Waals surface area contributed by atoms with Crippen LogP contribution in [0.15, 0.2) is 188 Å². The summed E-state index contributed by atoms with van der Waals surface area (Å²) in [5.41, 5.74) is 12.9. The Labute approximate surface area is 291 Å². The van der Waals surface area contributed by atoms with Gasteiger partial charge in [-0.15, -0.1) is 0 Å². The largest absolute Gasteiger partial charge is 0.256 e. The van der Waals surface area contributed by atoms with Gasteiger partial charge in [-0.25, -0.2) is 9.97 Å². The van der Waals surface area contributed by atoms with Gasteiger partial charge in [-0.3, -0.25) is 4.98 Å². The molecule has 0 atom stereocenters. The minimum atomic E-state index is 0.706. The molecule has 0 aliphatic carbocycles. The van der Waals surface area contributed by atoms with Crippen LogP contribution in [0.4, 0.5) is 0 Å². The molecule has 2 aromatic heterocycles. The van der Waals surface area contributed by atoms with E-state index in [2.05, 4.69) is 138 Å². The predicted molar refractivity (Wildman–Crippen MR) is 207 cm³/mol. The number of hydrogen-bond acceptors (Lipinski definition) is 3. The van der Waals surface area contributed by atoms with Gasteiger partial charge in [0.25, 0.3) is 0 Å². The van der Waals surface area contributed by atoms with Crippen LogP contribution >= 0.6 is 0 Å². The number of pyridine rings is 1. The fourth-order valence-corrected chi connectivity index (χ4v) is 6.69. The van der Waals surface area contributed by atoms with Crippen LogP contribution in [0.25, 0.3) is 89.0 Å². The first-order chi connectivity index (χ1) is 24.7. The van der Waals surface area contributed by atoms with Crippen LogP contribution < -0.4 is 0 Å². The highest BCUT2D eigenvalue weighted by molar-refractivity contribution is 6.00. The van der Waals surface area contributed by atoms with E-state index in [0.717, 1.165) is 55.7 Å². The first-order valence-corrected chi connectivity index (χ1v) is 16.8. The molecule has 3 heteroatoms. The maximum Gasteiger partial charge on any atom is 0.160 e. The van der Waals surface area contributed by atoms with E-state index >= 15 is 0 Å². The van der Waals surface area contributed by atoms with Crippen LogP contribution in [0.2, 0.25) is 0 Å². The Hall–Kier alpha value is -6.71. The van der Waals surface area contributed by atoms with Gasteiger partial charge in [0.2, 0.25) is 0 Å². The Kier molecular flexibility index (Phi) is 7.49. The summed E-state index contributed by atoms with van der Waals surface area (Å²) in [7, 11) is 0. The average molecular weight is 638 g/mol. The molecule has 0 unspecified atom stereocenters. The summed E-state index contributed by atoms with van der Waals surface area (Å²) in [5, 5.41) is 3.57. The third-order valence-electron chi connectivity index (χ3n) is 9.32. The van der Waals surface area contributed by atoms with Crippen molar-refractivity contribution in [2.75, 3.05) is 0 Å². The Morgan fingerprint density at radius 3 is 1.52 bits per heavy atom. The van der Waals surface area contributed by atoms with Crippen LogP contribution in [-0.2, 0) is 0 Å². The lowest BCUT2D eigenvalue weighted by Crippen LogP contribution is -1.96. The van der Waals surface area contributed by atoms with Crippen molar-refractivity contribution in [1.82, 2.24) is 15.0 Å². The van der Waals surface area contributed by atoms with Crippen LogP contribution in [0.5, 0.6) is 0 Å². The molecule has 3 nitrogen and oxygen atoms in total. The summed E-state index contributed by atoms with van der Waals surface area (Å²) in [6.07, 6.45) is 1.96. The molecule has 0 aliphatic heterocycles. The molecule has 0 spiro atoms. The number of aromatic nitrogens is 3. The predicted octanol–water partition coefficient (Wildman–Crippen LogP) is 12.2. The van der Waals surface area contributed by atoms with Crippen molar-refractivity contribution >= 4 is 21.7 Å². The minimum Gasteiger partial charge on any atom is -0.256 e. The van der Waals surface area contributed by atoms with Crippen molar-refractivity contribution in [3.8, 4) is 67.3 Å². The van der Waals surface area contributed by atoms with Gasteiger partial charge in [-0.05, 0) is 68.9 Å². The first kappa shape index (κ1) is 29.4. The molecule has 0 N–H and O–H groups in total. The number of benzene rings is 7. The average Bonchev–Trinajstić information content (AvgIpc) is 3.21. The van der Waals surface area contributed by atoms with Gasteiger partial charge in [0.1, 0.15) is 0 Å². The smallest absolute Gasteiger partial charge is 0.160 e. The second kappa shape index (κ2) is 12.7. The van der Waals surface area contributed by atoms with E-state index in [1.165, 1.54) is 27.5 Å². The maximum atomic E-state index is 5.03. The normalized spacial score (nSPS) is 11.2. The van der Waals surface area contributed by atoms with E-state index in [9.17, 15) is 0 Å². The van der Waals surface area contributed by atoms with Crippen LogP contribution in [0.3, 0.4) is 0 Å². The molecule has 0 saturated carbocycles. The van der Waals surface area contributed by atoms with E-state index in [-0.39, 0.29) is 0 Å². The Morgan fingerprint density at radius 1 is 0.320 bits per heavy atom. The molecular formula is C47H31N3. The zero-order chi connectivity index (χ0) is 33.3. The molecule has 0 amide bonds. The van der Waals surface area contributed by atoms with Gasteiger partial charge in [0.05, 0.1) is 16.9 Å². The molecule has 0 radical (unpaired) electrons. The second-order valence-corrected chi connectivity index (χ2v) is 12.5. The lowest BCUT2D eigenvalue weighted by molar-refractivity contribution is 1.18. The van der Waals surface area contributed by atoms with Crippen molar-refractivity contribution in [2.24, 2.45) is 0 Å². The summed E-state index contributed by atoms with van der Waals surface area (Å²) in [6, 6.07) is 63.8. The second-order valence-electron chi connectivity index (χ2n) is 12.5. The SMILES string of the molecule is c1ccc(-c2cc(-c3ccccc3)nc(-c3ccc(-c4cc(-c5ccc(-c6cnc7ccccc7c6)cc5)cc5ccccc45)cc3)n2)cc1. The van der Waals surface area contributed by atoms with Gasteiger partial charge in [-0.2, -0.15) is 0 Å². The van der Waals surface area contributed by atoms with Crippen LogP contribution in [0, 0.1) is 0 Å².